The molecule has 1 aliphatic rings. The molecule has 2 rings (SSSR count). The van der Waals surface area contributed by atoms with Gasteiger partial charge in [0.05, 0.1) is 11.1 Å². The first-order valence-corrected chi connectivity index (χ1v) is 7.28. The standard InChI is InChI=1S/C12H12BrFO2S/c13-12-8(2-1-3-9(12)14)6-10(15)11-7-17-5-4-16-11/h1-3,11H,4-7H2. The average Bonchev–Trinajstić information content (AvgIpc) is 2.36. The lowest BCUT2D eigenvalue weighted by Gasteiger charge is -2.21. The number of benzene rings is 1. The molecule has 0 spiro atoms. The summed E-state index contributed by atoms with van der Waals surface area (Å²) in [6, 6.07) is 4.73. The van der Waals surface area contributed by atoms with Crippen LogP contribution in [0.1, 0.15) is 5.56 Å². The van der Waals surface area contributed by atoms with Crippen molar-refractivity contribution in [1.82, 2.24) is 0 Å². The second-order valence-electron chi connectivity index (χ2n) is 3.79. The van der Waals surface area contributed by atoms with E-state index in [1.54, 1.807) is 23.9 Å². The highest BCUT2D eigenvalue weighted by Crippen LogP contribution is 2.22. The van der Waals surface area contributed by atoms with Crippen LogP contribution in [-0.2, 0) is 16.0 Å². The summed E-state index contributed by atoms with van der Waals surface area (Å²) < 4.78 is 19.1. The van der Waals surface area contributed by atoms with Crippen LogP contribution in [0.5, 0.6) is 0 Å². The first-order chi connectivity index (χ1) is 8.18. The summed E-state index contributed by atoms with van der Waals surface area (Å²) in [6.07, 6.45) is -0.132. The van der Waals surface area contributed by atoms with Gasteiger partial charge in [-0.2, -0.15) is 11.8 Å². The number of carbonyl (C=O) groups excluding carboxylic acids is 1. The van der Waals surface area contributed by atoms with Gasteiger partial charge < -0.3 is 4.74 Å². The molecule has 0 amide bonds. The SMILES string of the molecule is O=C(Cc1cccc(F)c1Br)C1CSCCO1. The molecule has 1 saturated heterocycles. The Labute approximate surface area is 112 Å². The van der Waals surface area contributed by atoms with Crippen LogP contribution in [0.4, 0.5) is 4.39 Å². The summed E-state index contributed by atoms with van der Waals surface area (Å²) in [4.78, 5) is 11.9. The molecular weight excluding hydrogens is 307 g/mol. The van der Waals surface area contributed by atoms with Crippen molar-refractivity contribution in [3.8, 4) is 0 Å². The zero-order chi connectivity index (χ0) is 12.3. The van der Waals surface area contributed by atoms with E-state index in [9.17, 15) is 9.18 Å². The number of ether oxygens (including phenoxy) is 1. The van der Waals surface area contributed by atoms with Gasteiger partial charge in [-0.05, 0) is 27.6 Å². The van der Waals surface area contributed by atoms with E-state index >= 15 is 0 Å². The van der Waals surface area contributed by atoms with E-state index in [0.717, 1.165) is 5.75 Å². The Morgan fingerprint density at radius 2 is 2.41 bits per heavy atom. The largest absolute Gasteiger partial charge is 0.369 e. The summed E-state index contributed by atoms with van der Waals surface area (Å²) in [5.74, 6) is 1.32. The van der Waals surface area contributed by atoms with E-state index in [0.29, 0.717) is 22.4 Å². The summed E-state index contributed by atoms with van der Waals surface area (Å²) in [5, 5.41) is 0. The van der Waals surface area contributed by atoms with E-state index < -0.39 is 0 Å². The van der Waals surface area contributed by atoms with Gasteiger partial charge in [0.1, 0.15) is 11.9 Å². The topological polar surface area (TPSA) is 26.3 Å². The zero-order valence-corrected chi connectivity index (χ0v) is 11.5. The summed E-state index contributed by atoms with van der Waals surface area (Å²) >= 11 is 4.88. The maximum absolute atomic E-state index is 13.3. The van der Waals surface area contributed by atoms with Crippen LogP contribution in [0.15, 0.2) is 22.7 Å². The number of ketones is 1. The second-order valence-corrected chi connectivity index (χ2v) is 5.73. The van der Waals surface area contributed by atoms with Gasteiger partial charge in [-0.25, -0.2) is 4.39 Å². The first-order valence-electron chi connectivity index (χ1n) is 5.33. The van der Waals surface area contributed by atoms with Crippen LogP contribution >= 0.6 is 27.7 Å². The molecule has 1 aromatic carbocycles. The number of hydrogen-bond acceptors (Lipinski definition) is 3. The Bertz CT molecular complexity index is 419. The van der Waals surface area contributed by atoms with Crippen LogP contribution in [0, 0.1) is 5.82 Å². The molecule has 1 unspecified atom stereocenters. The molecule has 1 aromatic rings. The lowest BCUT2D eigenvalue weighted by Crippen LogP contribution is -2.32. The van der Waals surface area contributed by atoms with E-state index in [2.05, 4.69) is 15.9 Å². The number of hydrogen-bond donors (Lipinski definition) is 0. The van der Waals surface area contributed by atoms with Crippen molar-refractivity contribution in [2.75, 3.05) is 18.1 Å². The lowest BCUT2D eigenvalue weighted by atomic mass is 10.1. The molecule has 1 atom stereocenters. The highest BCUT2D eigenvalue weighted by molar-refractivity contribution is 9.10. The predicted octanol–water partition coefficient (Wildman–Crippen LogP) is 2.83. The van der Waals surface area contributed by atoms with Crippen LogP contribution in [0.25, 0.3) is 0 Å². The Morgan fingerprint density at radius 3 is 3.12 bits per heavy atom. The molecule has 0 N–H and O–H groups in total. The van der Waals surface area contributed by atoms with Crippen molar-refractivity contribution < 1.29 is 13.9 Å². The van der Waals surface area contributed by atoms with Crippen molar-refractivity contribution in [3.05, 3.63) is 34.1 Å². The number of rotatable bonds is 3. The van der Waals surface area contributed by atoms with E-state index in [-0.39, 0.29) is 24.1 Å². The fourth-order valence-corrected chi connectivity index (χ4v) is 2.94. The summed E-state index contributed by atoms with van der Waals surface area (Å²) in [7, 11) is 0. The molecule has 5 heteroatoms. The van der Waals surface area contributed by atoms with Gasteiger partial charge in [0.25, 0.3) is 0 Å². The third-order valence-corrected chi connectivity index (χ3v) is 4.45. The van der Waals surface area contributed by atoms with Crippen LogP contribution in [0.2, 0.25) is 0 Å². The van der Waals surface area contributed by atoms with Crippen molar-refractivity contribution in [3.63, 3.8) is 0 Å². The average molecular weight is 319 g/mol. The Morgan fingerprint density at radius 1 is 1.59 bits per heavy atom. The zero-order valence-electron chi connectivity index (χ0n) is 9.12. The minimum atomic E-state index is -0.344. The third kappa shape index (κ3) is 3.30. The van der Waals surface area contributed by atoms with Crippen LogP contribution in [0.3, 0.4) is 0 Å². The molecule has 0 aliphatic carbocycles. The van der Waals surface area contributed by atoms with E-state index in [1.807, 2.05) is 0 Å². The highest BCUT2D eigenvalue weighted by atomic mass is 79.9. The minimum absolute atomic E-state index is 0.0171. The summed E-state index contributed by atoms with van der Waals surface area (Å²) in [5.41, 5.74) is 0.675. The van der Waals surface area contributed by atoms with E-state index in [4.69, 9.17) is 4.74 Å². The van der Waals surface area contributed by atoms with Crippen molar-refractivity contribution in [2.24, 2.45) is 0 Å². The van der Waals surface area contributed by atoms with Gasteiger partial charge >= 0.3 is 0 Å². The van der Waals surface area contributed by atoms with Gasteiger partial charge in [0.15, 0.2) is 5.78 Å². The molecule has 2 nitrogen and oxygen atoms in total. The quantitative estimate of drug-likeness (QED) is 0.857. The first kappa shape index (κ1) is 13.1. The van der Waals surface area contributed by atoms with Gasteiger partial charge in [0, 0.05) is 17.9 Å². The molecule has 0 radical (unpaired) electrons. The number of Topliss-reactive ketones (excluding diaryl/α,β-unsaturated/α-hetero) is 1. The number of halogens is 2. The molecule has 0 aromatic heterocycles. The van der Waals surface area contributed by atoms with Gasteiger partial charge in [-0.3, -0.25) is 4.79 Å². The normalized spacial score (nSPS) is 20.2. The Kier molecular flexibility index (Phi) is 4.59. The highest BCUT2D eigenvalue weighted by Gasteiger charge is 2.23. The molecule has 92 valence electrons. The Balaban J connectivity index is 2.04. The molecular formula is C12H12BrFO2S. The third-order valence-electron chi connectivity index (χ3n) is 2.57. The van der Waals surface area contributed by atoms with Gasteiger partial charge in [-0.1, -0.05) is 12.1 Å². The fourth-order valence-electron chi connectivity index (χ4n) is 1.66. The Hall–Kier alpha value is -0.390. The van der Waals surface area contributed by atoms with Crippen molar-refractivity contribution in [2.45, 2.75) is 12.5 Å². The number of carbonyl (C=O) groups is 1. The van der Waals surface area contributed by atoms with E-state index in [1.165, 1.54) is 6.07 Å². The number of thioether (sulfide) groups is 1. The molecule has 1 aliphatic heterocycles. The lowest BCUT2D eigenvalue weighted by molar-refractivity contribution is -0.128. The summed E-state index contributed by atoms with van der Waals surface area (Å²) in [6.45, 7) is 0.616. The van der Waals surface area contributed by atoms with Crippen molar-refractivity contribution in [1.29, 1.82) is 0 Å². The smallest absolute Gasteiger partial charge is 0.166 e. The fraction of sp³-hybridized carbons (Fsp3) is 0.417. The maximum atomic E-state index is 13.3. The molecule has 0 bridgehead atoms. The van der Waals surface area contributed by atoms with Crippen LogP contribution in [-0.4, -0.2) is 30.0 Å². The van der Waals surface area contributed by atoms with Gasteiger partial charge in [0.2, 0.25) is 0 Å². The van der Waals surface area contributed by atoms with Crippen molar-refractivity contribution >= 4 is 33.5 Å². The van der Waals surface area contributed by atoms with Crippen LogP contribution < -0.4 is 0 Å². The molecule has 17 heavy (non-hydrogen) atoms. The molecule has 0 saturated carbocycles. The minimum Gasteiger partial charge on any atom is -0.369 e. The van der Waals surface area contributed by atoms with Gasteiger partial charge in [-0.15, -0.1) is 0 Å². The second kappa shape index (κ2) is 5.98. The predicted molar refractivity (Wildman–Crippen MR) is 69.9 cm³/mol. The molecule has 1 fully saturated rings. The monoisotopic (exact) mass is 318 g/mol. The molecule has 1 heterocycles. The maximum Gasteiger partial charge on any atom is 0.166 e.